The van der Waals surface area contributed by atoms with Crippen LogP contribution in [0.2, 0.25) is 10.0 Å². The summed E-state index contributed by atoms with van der Waals surface area (Å²) < 4.78 is 27.8. The number of nitrogen functional groups attached to an aromatic ring is 1. The molecule has 0 fully saturated rings. The Hall–Kier alpha value is -0.490. The molecule has 0 radical (unpaired) electrons. The fourth-order valence-corrected chi connectivity index (χ4v) is 5.04. The van der Waals surface area contributed by atoms with Crippen LogP contribution in [0.3, 0.4) is 0 Å². The van der Waals surface area contributed by atoms with Gasteiger partial charge in [0.2, 0.25) is 10.0 Å². The summed E-state index contributed by atoms with van der Waals surface area (Å²) in [6, 6.07) is 2.74. The molecule has 0 atom stereocenters. The highest BCUT2D eigenvalue weighted by molar-refractivity contribution is 7.89. The Morgan fingerprint density at radius 3 is 2.10 bits per heavy atom. The summed E-state index contributed by atoms with van der Waals surface area (Å²) in [7, 11) is -3.83. The third-order valence-electron chi connectivity index (χ3n) is 2.69. The van der Waals surface area contributed by atoms with Crippen molar-refractivity contribution in [2.24, 2.45) is 5.41 Å². The summed E-state index contributed by atoms with van der Waals surface area (Å²) in [5.41, 5.74) is 5.14. The average Bonchev–Trinajstić information content (AvgIpc) is 2.06. The molecule has 0 saturated carbocycles. The molecule has 1 aromatic rings. The number of anilines is 1. The van der Waals surface area contributed by atoms with Crippen LogP contribution in [0.5, 0.6) is 0 Å². The Labute approximate surface area is 137 Å². The van der Waals surface area contributed by atoms with E-state index in [2.05, 4.69) is 4.72 Å². The van der Waals surface area contributed by atoms with Gasteiger partial charge in [0.05, 0.1) is 10.7 Å². The molecule has 1 aromatic carbocycles. The number of rotatable bonds is 4. The molecule has 0 aliphatic carbocycles. The van der Waals surface area contributed by atoms with Gasteiger partial charge in [-0.15, -0.1) is 0 Å². The zero-order valence-corrected chi connectivity index (χ0v) is 15.2. The molecule has 0 saturated heterocycles. The monoisotopic (exact) mass is 352 g/mol. The van der Waals surface area contributed by atoms with Gasteiger partial charge >= 0.3 is 0 Å². The van der Waals surface area contributed by atoms with E-state index in [0.717, 1.165) is 0 Å². The Balaban J connectivity index is 3.19. The maximum atomic E-state index is 12.6. The molecule has 0 aliphatic rings. The highest BCUT2D eigenvalue weighted by Crippen LogP contribution is 2.33. The van der Waals surface area contributed by atoms with Crippen LogP contribution in [-0.4, -0.2) is 14.0 Å². The molecule has 1 rings (SSSR count). The minimum atomic E-state index is -3.83. The fourth-order valence-electron chi connectivity index (χ4n) is 2.64. The van der Waals surface area contributed by atoms with Gasteiger partial charge in [0.25, 0.3) is 0 Å². The van der Waals surface area contributed by atoms with Crippen molar-refractivity contribution in [1.82, 2.24) is 4.72 Å². The van der Waals surface area contributed by atoms with Gasteiger partial charge in [0.15, 0.2) is 0 Å². The van der Waals surface area contributed by atoms with Crippen LogP contribution in [0.1, 0.15) is 41.0 Å². The van der Waals surface area contributed by atoms with Crippen LogP contribution >= 0.6 is 23.2 Å². The number of nitrogens with two attached hydrogens (primary N) is 1. The predicted molar refractivity (Wildman–Crippen MR) is 89.3 cm³/mol. The molecule has 0 aliphatic heterocycles. The maximum Gasteiger partial charge on any atom is 0.244 e. The summed E-state index contributed by atoms with van der Waals surface area (Å²) in [6.45, 7) is 9.80. The summed E-state index contributed by atoms with van der Waals surface area (Å²) in [4.78, 5) is -0.129. The van der Waals surface area contributed by atoms with E-state index in [1.807, 2.05) is 34.6 Å². The van der Waals surface area contributed by atoms with Crippen molar-refractivity contribution in [3.63, 3.8) is 0 Å². The number of hydrogen-bond donors (Lipinski definition) is 2. The van der Waals surface area contributed by atoms with Gasteiger partial charge in [-0.2, -0.15) is 0 Å². The van der Waals surface area contributed by atoms with E-state index in [-0.39, 0.29) is 21.0 Å². The van der Waals surface area contributed by atoms with Crippen molar-refractivity contribution >= 4 is 38.9 Å². The Morgan fingerprint density at radius 1 is 1.14 bits per heavy atom. The third-order valence-corrected chi connectivity index (χ3v) is 5.13. The summed E-state index contributed by atoms with van der Waals surface area (Å²) in [5.74, 6) is 0. The Bertz CT molecular complexity index is 612. The number of sulfonamides is 1. The molecule has 21 heavy (non-hydrogen) atoms. The lowest BCUT2D eigenvalue weighted by molar-refractivity contribution is 0.269. The highest BCUT2D eigenvalue weighted by atomic mass is 35.5. The van der Waals surface area contributed by atoms with Crippen LogP contribution < -0.4 is 10.5 Å². The molecule has 0 unspecified atom stereocenters. The van der Waals surface area contributed by atoms with E-state index in [1.165, 1.54) is 12.1 Å². The van der Waals surface area contributed by atoms with E-state index < -0.39 is 15.6 Å². The van der Waals surface area contributed by atoms with Crippen molar-refractivity contribution in [3.05, 3.63) is 22.2 Å². The second kappa shape index (κ2) is 5.95. The predicted octanol–water partition coefficient (Wildman–Crippen LogP) is 4.07. The van der Waals surface area contributed by atoms with Gasteiger partial charge in [-0.25, -0.2) is 13.1 Å². The smallest absolute Gasteiger partial charge is 0.244 e. The zero-order chi connectivity index (χ0) is 16.6. The van der Waals surface area contributed by atoms with Gasteiger partial charge < -0.3 is 5.73 Å². The Kier molecular flexibility index (Phi) is 5.26. The van der Waals surface area contributed by atoms with E-state index in [4.69, 9.17) is 28.9 Å². The van der Waals surface area contributed by atoms with Crippen molar-refractivity contribution in [2.45, 2.75) is 51.5 Å². The summed E-state index contributed by atoms with van der Waals surface area (Å²) in [5, 5.41) is 0.310. The van der Waals surface area contributed by atoms with Gasteiger partial charge in [-0.1, -0.05) is 44.0 Å². The second-order valence-electron chi connectivity index (χ2n) is 7.03. The van der Waals surface area contributed by atoms with Crippen LogP contribution in [0.25, 0.3) is 0 Å². The van der Waals surface area contributed by atoms with Crippen molar-refractivity contribution in [1.29, 1.82) is 0 Å². The first-order valence-corrected chi connectivity index (χ1v) is 8.76. The minimum Gasteiger partial charge on any atom is -0.398 e. The third kappa shape index (κ3) is 5.33. The van der Waals surface area contributed by atoms with Crippen LogP contribution in [0.4, 0.5) is 5.69 Å². The lowest BCUT2D eigenvalue weighted by Gasteiger charge is -2.33. The first-order valence-electron chi connectivity index (χ1n) is 6.52. The molecule has 7 heteroatoms. The standard InChI is InChI=1S/C14H22Cl2N2O2S/c1-13(2,3)8-14(4,5)18-21(19,20)12-10(16)6-9(15)7-11(12)17/h6-7,18H,8,17H2,1-5H3. The molecule has 0 heterocycles. The van der Waals surface area contributed by atoms with Crippen LogP contribution in [0, 0.1) is 5.41 Å². The number of hydrogen-bond acceptors (Lipinski definition) is 3. The topological polar surface area (TPSA) is 72.2 Å². The number of benzene rings is 1. The highest BCUT2D eigenvalue weighted by Gasteiger charge is 2.32. The molecule has 120 valence electrons. The van der Waals surface area contributed by atoms with Gasteiger partial charge in [0.1, 0.15) is 4.90 Å². The zero-order valence-electron chi connectivity index (χ0n) is 12.9. The maximum absolute atomic E-state index is 12.6. The molecule has 0 aromatic heterocycles. The molecule has 0 amide bonds. The number of halogens is 2. The molecule has 0 spiro atoms. The van der Waals surface area contributed by atoms with Gasteiger partial charge in [-0.05, 0) is 37.8 Å². The SMILES string of the molecule is CC(C)(C)CC(C)(C)NS(=O)(=O)c1c(N)cc(Cl)cc1Cl. The average molecular weight is 353 g/mol. The summed E-state index contributed by atoms with van der Waals surface area (Å²) >= 11 is 11.8. The first-order chi connectivity index (χ1) is 9.23. The first kappa shape index (κ1) is 18.6. The molecule has 4 nitrogen and oxygen atoms in total. The van der Waals surface area contributed by atoms with Crippen LogP contribution in [-0.2, 0) is 10.0 Å². The molecular formula is C14H22Cl2N2O2S. The number of nitrogens with one attached hydrogen (secondary N) is 1. The van der Waals surface area contributed by atoms with E-state index in [1.54, 1.807) is 0 Å². The van der Waals surface area contributed by atoms with E-state index in [0.29, 0.717) is 11.4 Å². The second-order valence-corrected chi connectivity index (χ2v) is 9.50. The summed E-state index contributed by atoms with van der Waals surface area (Å²) in [6.07, 6.45) is 0.657. The fraction of sp³-hybridized carbons (Fsp3) is 0.571. The van der Waals surface area contributed by atoms with Crippen LogP contribution in [0.15, 0.2) is 17.0 Å². The Morgan fingerprint density at radius 2 is 1.67 bits per heavy atom. The van der Waals surface area contributed by atoms with Crippen molar-refractivity contribution in [2.75, 3.05) is 5.73 Å². The lowest BCUT2D eigenvalue weighted by atomic mass is 9.82. The van der Waals surface area contributed by atoms with E-state index >= 15 is 0 Å². The molecule has 3 N–H and O–H groups in total. The van der Waals surface area contributed by atoms with Gasteiger partial charge in [0, 0.05) is 10.6 Å². The normalized spacial score (nSPS) is 13.5. The largest absolute Gasteiger partial charge is 0.398 e. The minimum absolute atomic E-state index is 0.0130. The van der Waals surface area contributed by atoms with Crippen molar-refractivity contribution < 1.29 is 8.42 Å². The molecular weight excluding hydrogens is 331 g/mol. The molecule has 0 bridgehead atoms. The van der Waals surface area contributed by atoms with Crippen molar-refractivity contribution in [3.8, 4) is 0 Å². The van der Waals surface area contributed by atoms with E-state index in [9.17, 15) is 8.42 Å². The van der Waals surface area contributed by atoms with Gasteiger partial charge in [-0.3, -0.25) is 0 Å². The lowest BCUT2D eigenvalue weighted by Crippen LogP contribution is -2.45. The quantitative estimate of drug-likeness (QED) is 0.802.